The molecule has 1 atom stereocenters. The van der Waals surface area contributed by atoms with E-state index in [1.165, 1.54) is 0 Å². The summed E-state index contributed by atoms with van der Waals surface area (Å²) in [6.45, 7) is 6.65. The lowest BCUT2D eigenvalue weighted by molar-refractivity contribution is -0.116. The fraction of sp³-hybridized carbons (Fsp3) is 0.316. The fourth-order valence-corrected chi connectivity index (χ4v) is 2.74. The third kappa shape index (κ3) is 5.44. The zero-order chi connectivity index (χ0) is 19.1. The van der Waals surface area contributed by atoms with E-state index in [0.29, 0.717) is 40.4 Å². The maximum Gasteiger partial charge on any atom is 0.246 e. The number of hydrogen-bond donors (Lipinski definition) is 2. The first-order valence-corrected chi connectivity index (χ1v) is 9.12. The molecule has 0 heterocycles. The molecule has 0 bridgehead atoms. The first kappa shape index (κ1) is 20.2. The van der Waals surface area contributed by atoms with Gasteiger partial charge in [0.25, 0.3) is 0 Å². The maximum absolute atomic E-state index is 12.4. The lowest BCUT2D eigenvalue weighted by atomic mass is 10.2. The Morgan fingerprint density at radius 2 is 1.73 bits per heavy atom. The first-order valence-electron chi connectivity index (χ1n) is 8.36. The van der Waals surface area contributed by atoms with Gasteiger partial charge in [-0.1, -0.05) is 23.2 Å². The summed E-state index contributed by atoms with van der Waals surface area (Å²) in [7, 11) is 0. The number of carbonyl (C=O) groups is 1. The van der Waals surface area contributed by atoms with Crippen LogP contribution < -0.4 is 20.1 Å². The minimum Gasteiger partial charge on any atom is -0.490 e. The summed E-state index contributed by atoms with van der Waals surface area (Å²) in [5.41, 5.74) is 1.26. The van der Waals surface area contributed by atoms with Crippen LogP contribution in [0.15, 0.2) is 36.4 Å². The second-order valence-electron chi connectivity index (χ2n) is 5.51. The minimum absolute atomic E-state index is 0.221. The van der Waals surface area contributed by atoms with E-state index >= 15 is 0 Å². The standard InChI is InChI=1S/C19H22Cl2N2O3/c1-4-25-17-9-7-14(11-18(17)26-5-2)22-12(3)19(24)23-16-8-6-13(20)10-15(16)21/h6-12,22H,4-5H2,1-3H3,(H,23,24)/t12-/m0/s1. The topological polar surface area (TPSA) is 59.6 Å². The SMILES string of the molecule is CCOc1ccc(N[C@@H](C)C(=O)Nc2ccc(Cl)cc2Cl)cc1OCC. The highest BCUT2D eigenvalue weighted by molar-refractivity contribution is 6.36. The molecule has 0 spiro atoms. The van der Waals surface area contributed by atoms with Gasteiger partial charge in [-0.05, 0) is 51.1 Å². The minimum atomic E-state index is -0.492. The molecule has 0 aromatic heterocycles. The van der Waals surface area contributed by atoms with Crippen LogP contribution in [0.5, 0.6) is 11.5 Å². The van der Waals surface area contributed by atoms with Crippen LogP contribution in [0, 0.1) is 0 Å². The van der Waals surface area contributed by atoms with Crippen molar-refractivity contribution < 1.29 is 14.3 Å². The van der Waals surface area contributed by atoms with Crippen molar-refractivity contribution in [2.45, 2.75) is 26.8 Å². The van der Waals surface area contributed by atoms with E-state index in [1.54, 1.807) is 25.1 Å². The van der Waals surface area contributed by atoms with Gasteiger partial charge in [-0.15, -0.1) is 0 Å². The Hall–Kier alpha value is -2.11. The van der Waals surface area contributed by atoms with Gasteiger partial charge in [-0.3, -0.25) is 4.79 Å². The van der Waals surface area contributed by atoms with Crippen LogP contribution in [0.1, 0.15) is 20.8 Å². The average Bonchev–Trinajstić information content (AvgIpc) is 2.60. The normalized spacial score (nSPS) is 11.6. The molecule has 0 radical (unpaired) electrons. The van der Waals surface area contributed by atoms with Gasteiger partial charge in [0.2, 0.25) is 5.91 Å². The van der Waals surface area contributed by atoms with Gasteiger partial charge in [0, 0.05) is 16.8 Å². The van der Waals surface area contributed by atoms with E-state index in [4.69, 9.17) is 32.7 Å². The van der Waals surface area contributed by atoms with E-state index in [9.17, 15) is 4.79 Å². The number of carbonyl (C=O) groups excluding carboxylic acids is 1. The Labute approximate surface area is 163 Å². The Kier molecular flexibility index (Phi) is 7.42. The van der Waals surface area contributed by atoms with Crippen LogP contribution in [-0.4, -0.2) is 25.2 Å². The molecule has 0 aliphatic rings. The summed E-state index contributed by atoms with van der Waals surface area (Å²) in [4.78, 5) is 12.4. The summed E-state index contributed by atoms with van der Waals surface area (Å²) >= 11 is 12.0. The largest absolute Gasteiger partial charge is 0.490 e. The first-order chi connectivity index (χ1) is 12.4. The average molecular weight is 397 g/mol. The third-order valence-electron chi connectivity index (χ3n) is 3.51. The van der Waals surface area contributed by atoms with Crippen molar-refractivity contribution in [3.05, 3.63) is 46.4 Å². The lowest BCUT2D eigenvalue weighted by Gasteiger charge is -2.18. The predicted molar refractivity (Wildman–Crippen MR) is 107 cm³/mol. The summed E-state index contributed by atoms with van der Waals surface area (Å²) < 4.78 is 11.1. The zero-order valence-corrected chi connectivity index (χ0v) is 16.4. The van der Waals surface area contributed by atoms with Crippen molar-refractivity contribution in [1.29, 1.82) is 0 Å². The van der Waals surface area contributed by atoms with Crippen molar-refractivity contribution in [2.75, 3.05) is 23.8 Å². The second-order valence-corrected chi connectivity index (χ2v) is 6.35. The van der Waals surface area contributed by atoms with E-state index < -0.39 is 6.04 Å². The predicted octanol–water partition coefficient (Wildman–Crippen LogP) is 5.23. The Morgan fingerprint density at radius 3 is 2.38 bits per heavy atom. The van der Waals surface area contributed by atoms with Crippen LogP contribution in [0.2, 0.25) is 10.0 Å². The van der Waals surface area contributed by atoms with Crippen molar-refractivity contribution >= 4 is 40.5 Å². The van der Waals surface area contributed by atoms with Gasteiger partial charge in [0.15, 0.2) is 11.5 Å². The highest BCUT2D eigenvalue weighted by atomic mass is 35.5. The van der Waals surface area contributed by atoms with E-state index in [1.807, 2.05) is 32.0 Å². The van der Waals surface area contributed by atoms with Crippen LogP contribution in [-0.2, 0) is 4.79 Å². The molecule has 26 heavy (non-hydrogen) atoms. The number of anilines is 2. The molecular weight excluding hydrogens is 375 g/mol. The molecule has 2 N–H and O–H groups in total. The van der Waals surface area contributed by atoms with Crippen molar-refractivity contribution in [3.63, 3.8) is 0 Å². The lowest BCUT2D eigenvalue weighted by Crippen LogP contribution is -2.31. The third-order valence-corrected chi connectivity index (χ3v) is 4.06. The van der Waals surface area contributed by atoms with Crippen LogP contribution >= 0.6 is 23.2 Å². The van der Waals surface area contributed by atoms with Crippen molar-refractivity contribution in [3.8, 4) is 11.5 Å². The highest BCUT2D eigenvalue weighted by Crippen LogP contribution is 2.31. The number of ether oxygens (including phenoxy) is 2. The maximum atomic E-state index is 12.4. The number of halogens is 2. The smallest absolute Gasteiger partial charge is 0.246 e. The summed E-state index contributed by atoms with van der Waals surface area (Å²) in [5.74, 6) is 1.08. The molecule has 0 aliphatic heterocycles. The summed E-state index contributed by atoms with van der Waals surface area (Å²) in [6, 6.07) is 9.89. The Bertz CT molecular complexity index is 768. The van der Waals surface area contributed by atoms with Crippen LogP contribution in [0.25, 0.3) is 0 Å². The molecule has 2 rings (SSSR count). The molecule has 2 aromatic rings. The molecule has 5 nitrogen and oxygen atoms in total. The van der Waals surface area contributed by atoms with Gasteiger partial charge >= 0.3 is 0 Å². The molecule has 7 heteroatoms. The number of nitrogens with one attached hydrogen (secondary N) is 2. The number of rotatable bonds is 8. The molecule has 0 fully saturated rings. The fourth-order valence-electron chi connectivity index (χ4n) is 2.29. The Morgan fingerprint density at radius 1 is 1.04 bits per heavy atom. The highest BCUT2D eigenvalue weighted by Gasteiger charge is 2.15. The molecule has 2 aromatic carbocycles. The zero-order valence-electron chi connectivity index (χ0n) is 14.9. The van der Waals surface area contributed by atoms with E-state index in [0.717, 1.165) is 5.69 Å². The van der Waals surface area contributed by atoms with Gasteiger partial charge in [0.1, 0.15) is 6.04 Å². The molecule has 0 saturated heterocycles. The molecule has 0 aliphatic carbocycles. The van der Waals surface area contributed by atoms with Gasteiger partial charge in [0.05, 0.1) is 23.9 Å². The van der Waals surface area contributed by atoms with Crippen molar-refractivity contribution in [1.82, 2.24) is 0 Å². The van der Waals surface area contributed by atoms with Gasteiger partial charge in [-0.25, -0.2) is 0 Å². The molecular formula is C19H22Cl2N2O3. The van der Waals surface area contributed by atoms with E-state index in [-0.39, 0.29) is 5.91 Å². The van der Waals surface area contributed by atoms with Crippen molar-refractivity contribution in [2.24, 2.45) is 0 Å². The number of amides is 1. The van der Waals surface area contributed by atoms with Crippen LogP contribution in [0.4, 0.5) is 11.4 Å². The molecule has 140 valence electrons. The summed E-state index contributed by atoms with van der Waals surface area (Å²) in [5, 5.41) is 6.82. The monoisotopic (exact) mass is 396 g/mol. The number of hydrogen-bond acceptors (Lipinski definition) is 4. The molecule has 0 saturated carbocycles. The molecule has 0 unspecified atom stereocenters. The second kappa shape index (κ2) is 9.55. The van der Waals surface area contributed by atoms with Gasteiger partial charge in [-0.2, -0.15) is 0 Å². The van der Waals surface area contributed by atoms with E-state index in [2.05, 4.69) is 10.6 Å². The number of benzene rings is 2. The van der Waals surface area contributed by atoms with Gasteiger partial charge < -0.3 is 20.1 Å². The quantitative estimate of drug-likeness (QED) is 0.641. The molecule has 1 amide bonds. The summed E-state index contributed by atoms with van der Waals surface area (Å²) in [6.07, 6.45) is 0. The van der Waals surface area contributed by atoms with Crippen LogP contribution in [0.3, 0.4) is 0 Å². The Balaban J connectivity index is 2.07.